The lowest BCUT2D eigenvalue weighted by molar-refractivity contribution is -0.125. The number of para-hydroxylation sites is 1. The highest BCUT2D eigenvalue weighted by Gasteiger charge is 2.36. The number of piperidine rings is 1. The van der Waals surface area contributed by atoms with E-state index in [1.54, 1.807) is 0 Å². The number of amides is 1. The molecule has 144 valence electrons. The Kier molecular flexibility index (Phi) is 6.19. The molecule has 0 aromatic heterocycles. The van der Waals surface area contributed by atoms with Crippen molar-refractivity contribution in [3.05, 3.63) is 29.8 Å². The maximum Gasteiger partial charge on any atom is 0.238 e. The molecule has 2 aliphatic rings. The molecule has 2 heterocycles. The Labute approximate surface area is 156 Å². The predicted octanol–water partition coefficient (Wildman–Crippen LogP) is 1.95. The van der Waals surface area contributed by atoms with Crippen LogP contribution in [0.3, 0.4) is 0 Å². The SMILES string of the molecule is CCCS(=O)(=O)N1CCCCC1C(=O)NCC1COc2ccccc2C1. The van der Waals surface area contributed by atoms with Gasteiger partial charge in [-0.1, -0.05) is 31.5 Å². The van der Waals surface area contributed by atoms with Gasteiger partial charge in [0.25, 0.3) is 0 Å². The number of rotatable bonds is 6. The van der Waals surface area contributed by atoms with Crippen LogP contribution >= 0.6 is 0 Å². The topological polar surface area (TPSA) is 75.7 Å². The summed E-state index contributed by atoms with van der Waals surface area (Å²) in [5.41, 5.74) is 1.16. The molecule has 7 heteroatoms. The average molecular weight is 381 g/mol. The van der Waals surface area contributed by atoms with E-state index < -0.39 is 16.1 Å². The highest BCUT2D eigenvalue weighted by atomic mass is 32.2. The number of fused-ring (bicyclic) bond motifs is 1. The quantitative estimate of drug-likeness (QED) is 0.818. The highest BCUT2D eigenvalue weighted by molar-refractivity contribution is 7.89. The summed E-state index contributed by atoms with van der Waals surface area (Å²) in [7, 11) is -3.36. The summed E-state index contributed by atoms with van der Waals surface area (Å²) >= 11 is 0. The van der Waals surface area contributed by atoms with Crippen LogP contribution in [-0.4, -0.2) is 50.1 Å². The maximum absolute atomic E-state index is 12.7. The lowest BCUT2D eigenvalue weighted by atomic mass is 9.96. The van der Waals surface area contributed by atoms with Gasteiger partial charge in [0.15, 0.2) is 0 Å². The van der Waals surface area contributed by atoms with Crippen LogP contribution < -0.4 is 10.1 Å². The van der Waals surface area contributed by atoms with E-state index in [9.17, 15) is 13.2 Å². The van der Waals surface area contributed by atoms with Gasteiger partial charge in [-0.3, -0.25) is 4.79 Å². The van der Waals surface area contributed by atoms with E-state index in [1.165, 1.54) is 4.31 Å². The second-order valence-electron chi connectivity index (χ2n) is 7.17. The van der Waals surface area contributed by atoms with Crippen molar-refractivity contribution in [1.82, 2.24) is 9.62 Å². The molecule has 2 aliphatic heterocycles. The number of carbonyl (C=O) groups excluding carboxylic acids is 1. The fraction of sp³-hybridized carbons (Fsp3) is 0.632. The van der Waals surface area contributed by atoms with Crippen LogP contribution in [0.5, 0.6) is 5.75 Å². The number of nitrogens with zero attached hydrogens (tertiary/aromatic N) is 1. The Morgan fingerprint density at radius 3 is 2.92 bits per heavy atom. The average Bonchev–Trinajstić information content (AvgIpc) is 2.66. The van der Waals surface area contributed by atoms with E-state index in [2.05, 4.69) is 5.32 Å². The number of nitrogens with one attached hydrogen (secondary N) is 1. The molecule has 1 fully saturated rings. The first-order valence-corrected chi connectivity index (χ1v) is 11.1. The van der Waals surface area contributed by atoms with Gasteiger partial charge in [-0.15, -0.1) is 0 Å². The van der Waals surface area contributed by atoms with Crippen molar-refractivity contribution in [3.63, 3.8) is 0 Å². The van der Waals surface area contributed by atoms with E-state index >= 15 is 0 Å². The summed E-state index contributed by atoms with van der Waals surface area (Å²) < 4.78 is 32.1. The van der Waals surface area contributed by atoms with Crippen molar-refractivity contribution in [1.29, 1.82) is 0 Å². The van der Waals surface area contributed by atoms with Gasteiger partial charge in [0.1, 0.15) is 11.8 Å². The van der Waals surface area contributed by atoms with Gasteiger partial charge in [-0.05, 0) is 37.3 Å². The third kappa shape index (κ3) is 4.38. The summed E-state index contributed by atoms with van der Waals surface area (Å²) in [6.45, 7) is 3.36. The lowest BCUT2D eigenvalue weighted by Crippen LogP contribution is -2.53. The molecule has 2 atom stereocenters. The van der Waals surface area contributed by atoms with E-state index in [4.69, 9.17) is 4.74 Å². The first kappa shape index (κ1) is 19.2. The van der Waals surface area contributed by atoms with Crippen LogP contribution in [0.25, 0.3) is 0 Å². The van der Waals surface area contributed by atoms with Crippen molar-refractivity contribution in [3.8, 4) is 5.75 Å². The molecule has 1 N–H and O–H groups in total. The fourth-order valence-corrected chi connectivity index (χ4v) is 5.51. The van der Waals surface area contributed by atoms with Gasteiger partial charge >= 0.3 is 0 Å². The second kappa shape index (κ2) is 8.39. The Balaban J connectivity index is 1.58. The molecule has 1 amide bonds. The zero-order valence-electron chi connectivity index (χ0n) is 15.3. The minimum Gasteiger partial charge on any atom is -0.493 e. The number of benzene rings is 1. The van der Waals surface area contributed by atoms with Crippen molar-refractivity contribution in [2.24, 2.45) is 5.92 Å². The van der Waals surface area contributed by atoms with Crippen molar-refractivity contribution in [2.45, 2.75) is 45.1 Å². The number of hydrogen-bond acceptors (Lipinski definition) is 4. The van der Waals surface area contributed by atoms with Gasteiger partial charge in [-0.25, -0.2) is 8.42 Å². The van der Waals surface area contributed by atoms with Crippen LogP contribution in [-0.2, 0) is 21.2 Å². The minimum atomic E-state index is -3.36. The van der Waals surface area contributed by atoms with Gasteiger partial charge in [0.05, 0.1) is 12.4 Å². The Morgan fingerprint density at radius 1 is 1.31 bits per heavy atom. The van der Waals surface area contributed by atoms with Gasteiger partial charge in [0, 0.05) is 19.0 Å². The largest absolute Gasteiger partial charge is 0.493 e. The number of sulfonamides is 1. The molecule has 0 saturated carbocycles. The Morgan fingerprint density at radius 2 is 2.12 bits per heavy atom. The molecule has 1 aromatic carbocycles. The van der Waals surface area contributed by atoms with E-state index in [0.29, 0.717) is 32.5 Å². The zero-order chi connectivity index (χ0) is 18.6. The lowest BCUT2D eigenvalue weighted by Gasteiger charge is -2.34. The molecule has 3 rings (SSSR count). The van der Waals surface area contributed by atoms with Crippen LogP contribution in [0.1, 0.15) is 38.2 Å². The number of carbonyl (C=O) groups is 1. The van der Waals surface area contributed by atoms with Gasteiger partial charge < -0.3 is 10.1 Å². The molecule has 1 aromatic rings. The molecule has 2 unspecified atom stereocenters. The maximum atomic E-state index is 12.7. The van der Waals surface area contributed by atoms with E-state index in [1.807, 2.05) is 31.2 Å². The molecule has 1 saturated heterocycles. The molecular formula is C19H28N2O4S. The van der Waals surface area contributed by atoms with E-state index in [-0.39, 0.29) is 17.6 Å². The number of ether oxygens (including phenoxy) is 1. The standard InChI is InChI=1S/C19H28N2O4S/c1-2-11-26(23,24)21-10-6-5-8-17(21)19(22)20-13-15-12-16-7-3-4-9-18(16)25-14-15/h3-4,7,9,15,17H,2,5-6,8,10-14H2,1H3,(H,20,22). The molecule has 26 heavy (non-hydrogen) atoms. The normalized spacial score (nSPS) is 23.7. The first-order valence-electron chi connectivity index (χ1n) is 9.49. The van der Waals surface area contributed by atoms with Crippen molar-refractivity contribution < 1.29 is 17.9 Å². The summed E-state index contributed by atoms with van der Waals surface area (Å²) in [4.78, 5) is 12.7. The van der Waals surface area contributed by atoms with Crippen molar-refractivity contribution >= 4 is 15.9 Å². The van der Waals surface area contributed by atoms with Crippen molar-refractivity contribution in [2.75, 3.05) is 25.4 Å². The van der Waals surface area contributed by atoms with Crippen LogP contribution in [0, 0.1) is 5.92 Å². The summed E-state index contributed by atoms with van der Waals surface area (Å²) in [6.07, 6.45) is 3.72. The van der Waals surface area contributed by atoms with Crippen LogP contribution in [0.2, 0.25) is 0 Å². The third-order valence-corrected chi connectivity index (χ3v) is 7.17. The predicted molar refractivity (Wildman–Crippen MR) is 101 cm³/mol. The second-order valence-corrected chi connectivity index (χ2v) is 9.21. The Bertz CT molecular complexity index is 735. The van der Waals surface area contributed by atoms with Gasteiger partial charge in [-0.2, -0.15) is 4.31 Å². The fourth-order valence-electron chi connectivity index (χ4n) is 3.76. The van der Waals surface area contributed by atoms with E-state index in [0.717, 1.165) is 30.6 Å². The highest BCUT2D eigenvalue weighted by Crippen LogP contribution is 2.27. The third-order valence-electron chi connectivity index (χ3n) is 5.10. The van der Waals surface area contributed by atoms with Crippen LogP contribution in [0.15, 0.2) is 24.3 Å². The minimum absolute atomic E-state index is 0.101. The molecule has 0 radical (unpaired) electrons. The molecule has 0 aliphatic carbocycles. The van der Waals surface area contributed by atoms with Gasteiger partial charge in [0.2, 0.25) is 15.9 Å². The molecule has 6 nitrogen and oxygen atoms in total. The summed E-state index contributed by atoms with van der Waals surface area (Å²) in [5, 5.41) is 2.97. The summed E-state index contributed by atoms with van der Waals surface area (Å²) in [6, 6.07) is 7.38. The first-order chi connectivity index (χ1) is 12.5. The summed E-state index contributed by atoms with van der Waals surface area (Å²) in [5.74, 6) is 1.05. The molecule has 0 bridgehead atoms. The smallest absolute Gasteiger partial charge is 0.238 e. The Hall–Kier alpha value is -1.60. The molecule has 0 spiro atoms. The van der Waals surface area contributed by atoms with Crippen LogP contribution in [0.4, 0.5) is 0 Å². The zero-order valence-corrected chi connectivity index (χ0v) is 16.1. The monoisotopic (exact) mass is 380 g/mol. The number of hydrogen-bond donors (Lipinski definition) is 1. The molecular weight excluding hydrogens is 352 g/mol.